The molecule has 0 fully saturated rings. The Bertz CT molecular complexity index is 637. The summed E-state index contributed by atoms with van der Waals surface area (Å²) in [7, 11) is -3.57. The van der Waals surface area contributed by atoms with Crippen molar-refractivity contribution in [3.05, 3.63) is 22.3 Å². The molecule has 3 nitrogen and oxygen atoms in total. The van der Waals surface area contributed by atoms with Gasteiger partial charge in [-0.2, -0.15) is 0 Å². The van der Waals surface area contributed by atoms with Crippen molar-refractivity contribution in [2.75, 3.05) is 0 Å². The molecule has 0 aliphatic heterocycles. The van der Waals surface area contributed by atoms with Crippen molar-refractivity contribution in [2.45, 2.75) is 59.0 Å². The first-order valence-corrected chi connectivity index (χ1v) is 18.4. The fraction of sp³-hybridized carbons (Fsp3) is 0.588. The standard InChI is InChI=1S/C17H27I3O3Si2/c1-8-11(17(21)23-25(5,6)7)9-12-13(18)10-14(19)16(15(12)20)22-24(2,3)4/h10-11H,8-9H2,1-7H3. The van der Waals surface area contributed by atoms with E-state index in [1.165, 1.54) is 9.13 Å². The fourth-order valence-electron chi connectivity index (χ4n) is 2.22. The van der Waals surface area contributed by atoms with Crippen molar-refractivity contribution >= 4 is 90.4 Å². The Morgan fingerprint density at radius 3 is 2.04 bits per heavy atom. The van der Waals surface area contributed by atoms with Crippen LogP contribution in [0.3, 0.4) is 0 Å². The molecule has 0 aliphatic carbocycles. The van der Waals surface area contributed by atoms with Gasteiger partial charge in [-0.05, 0) is 132 Å². The van der Waals surface area contributed by atoms with Gasteiger partial charge in [0.15, 0.2) is 0 Å². The molecule has 0 spiro atoms. The van der Waals surface area contributed by atoms with Crippen LogP contribution in [0.15, 0.2) is 6.07 Å². The molecular formula is C17H27I3O3Si2. The zero-order chi connectivity index (χ0) is 19.6. The Kier molecular flexibility index (Phi) is 9.22. The van der Waals surface area contributed by atoms with Gasteiger partial charge in [0, 0.05) is 3.57 Å². The first-order valence-electron chi connectivity index (χ1n) is 8.33. The molecule has 1 rings (SSSR count). The molecule has 1 aromatic carbocycles. The summed E-state index contributed by atoms with van der Waals surface area (Å²) in [5.74, 6) is 0.817. The minimum atomic E-state index is -1.87. The van der Waals surface area contributed by atoms with E-state index >= 15 is 0 Å². The minimum absolute atomic E-state index is 0.0560. The number of hydrogen-bond acceptors (Lipinski definition) is 3. The highest BCUT2D eigenvalue weighted by Gasteiger charge is 2.28. The SMILES string of the molecule is CCC(Cc1c(I)cc(I)c(O[Si](C)(C)C)c1I)C(=O)O[Si](C)(C)C. The predicted molar refractivity (Wildman–Crippen MR) is 135 cm³/mol. The van der Waals surface area contributed by atoms with Gasteiger partial charge in [0.25, 0.3) is 5.97 Å². The lowest BCUT2D eigenvalue weighted by molar-refractivity contribution is -0.139. The zero-order valence-corrected chi connectivity index (χ0v) is 24.4. The highest BCUT2D eigenvalue weighted by molar-refractivity contribution is 14.1. The van der Waals surface area contributed by atoms with Crippen molar-refractivity contribution in [3.63, 3.8) is 0 Å². The maximum Gasteiger partial charge on any atom is 0.295 e. The number of benzene rings is 1. The van der Waals surface area contributed by atoms with E-state index < -0.39 is 16.6 Å². The summed E-state index contributed by atoms with van der Waals surface area (Å²) >= 11 is 7.09. The Morgan fingerprint density at radius 1 is 1.04 bits per heavy atom. The lowest BCUT2D eigenvalue weighted by Crippen LogP contribution is -2.33. The molecule has 25 heavy (non-hydrogen) atoms. The normalized spacial score (nSPS) is 13.5. The average Bonchev–Trinajstić information content (AvgIpc) is 2.40. The van der Waals surface area contributed by atoms with Gasteiger partial charge in [0.1, 0.15) is 5.75 Å². The third kappa shape index (κ3) is 7.94. The van der Waals surface area contributed by atoms with E-state index in [0.29, 0.717) is 6.42 Å². The zero-order valence-electron chi connectivity index (χ0n) is 15.9. The van der Waals surface area contributed by atoms with Crippen LogP contribution in [0, 0.1) is 16.6 Å². The smallest absolute Gasteiger partial charge is 0.295 e. The summed E-state index contributed by atoms with van der Waals surface area (Å²) in [5.41, 5.74) is 1.20. The van der Waals surface area contributed by atoms with Crippen LogP contribution in [0.2, 0.25) is 39.3 Å². The van der Waals surface area contributed by atoms with Crippen LogP contribution in [0.5, 0.6) is 5.75 Å². The summed E-state index contributed by atoms with van der Waals surface area (Å²) in [4.78, 5) is 12.6. The van der Waals surface area contributed by atoms with E-state index in [-0.39, 0.29) is 11.9 Å². The van der Waals surface area contributed by atoms with Crippen molar-refractivity contribution in [2.24, 2.45) is 5.92 Å². The average molecular weight is 716 g/mol. The van der Waals surface area contributed by atoms with Gasteiger partial charge in [-0.1, -0.05) is 6.92 Å². The topological polar surface area (TPSA) is 35.5 Å². The molecule has 142 valence electrons. The van der Waals surface area contributed by atoms with Crippen molar-refractivity contribution in [3.8, 4) is 5.75 Å². The van der Waals surface area contributed by atoms with Gasteiger partial charge in [0.05, 0.1) is 13.1 Å². The molecule has 0 radical (unpaired) electrons. The second kappa shape index (κ2) is 9.55. The van der Waals surface area contributed by atoms with E-state index in [2.05, 4.69) is 120 Å². The van der Waals surface area contributed by atoms with Crippen molar-refractivity contribution in [1.29, 1.82) is 0 Å². The molecule has 0 bridgehead atoms. The Balaban J connectivity index is 3.19. The molecule has 0 saturated carbocycles. The molecule has 0 aromatic heterocycles. The second-order valence-electron chi connectivity index (χ2n) is 8.02. The quantitative estimate of drug-likeness (QED) is 0.234. The summed E-state index contributed by atoms with van der Waals surface area (Å²) in [6, 6.07) is 2.16. The first kappa shape index (κ1) is 24.2. The van der Waals surface area contributed by atoms with E-state index in [1.54, 1.807) is 0 Å². The summed E-state index contributed by atoms with van der Waals surface area (Å²) in [6.07, 6.45) is 1.49. The van der Waals surface area contributed by atoms with Gasteiger partial charge in [-0.3, -0.25) is 4.79 Å². The Morgan fingerprint density at radius 2 is 1.60 bits per heavy atom. The number of carbonyl (C=O) groups is 1. The van der Waals surface area contributed by atoms with Crippen LogP contribution in [0.25, 0.3) is 0 Å². The van der Waals surface area contributed by atoms with Crippen LogP contribution in [0.4, 0.5) is 0 Å². The molecule has 8 heteroatoms. The number of hydrogen-bond donors (Lipinski definition) is 0. The highest BCUT2D eigenvalue weighted by atomic mass is 127. The number of carbonyl (C=O) groups excluding carboxylic acids is 1. The van der Waals surface area contributed by atoms with Crippen LogP contribution in [-0.4, -0.2) is 22.6 Å². The van der Waals surface area contributed by atoms with E-state index in [1.807, 2.05) is 0 Å². The molecule has 0 amide bonds. The van der Waals surface area contributed by atoms with Crippen molar-refractivity contribution in [1.82, 2.24) is 0 Å². The lowest BCUT2D eigenvalue weighted by Gasteiger charge is -2.25. The van der Waals surface area contributed by atoms with Crippen LogP contribution < -0.4 is 4.43 Å². The minimum Gasteiger partial charge on any atom is -0.543 e. The molecule has 1 atom stereocenters. The Labute approximate surface area is 195 Å². The number of halogens is 3. The molecule has 0 saturated heterocycles. The highest BCUT2D eigenvalue weighted by Crippen LogP contribution is 2.36. The summed E-state index contributed by atoms with van der Waals surface area (Å²) in [6.45, 7) is 14.8. The Hall–Kier alpha value is 1.11. The first-order chi connectivity index (χ1) is 11.2. The molecule has 0 heterocycles. The third-order valence-corrected chi connectivity index (χ3v) is 7.85. The molecule has 0 aliphatic rings. The molecular weight excluding hydrogens is 689 g/mol. The van der Waals surface area contributed by atoms with Gasteiger partial charge in [-0.25, -0.2) is 0 Å². The predicted octanol–water partition coefficient (Wildman–Crippen LogP) is 6.66. The van der Waals surface area contributed by atoms with E-state index in [4.69, 9.17) is 8.85 Å². The summed E-state index contributed by atoms with van der Waals surface area (Å²) < 4.78 is 15.5. The van der Waals surface area contributed by atoms with Crippen LogP contribution >= 0.6 is 67.8 Å². The third-order valence-electron chi connectivity index (χ3n) is 3.31. The lowest BCUT2D eigenvalue weighted by atomic mass is 9.97. The molecule has 1 unspecified atom stereocenters. The van der Waals surface area contributed by atoms with Crippen molar-refractivity contribution < 1.29 is 13.6 Å². The van der Waals surface area contributed by atoms with Gasteiger partial charge in [-0.15, -0.1) is 0 Å². The monoisotopic (exact) mass is 716 g/mol. The maximum absolute atomic E-state index is 12.6. The summed E-state index contributed by atoms with van der Waals surface area (Å²) in [5, 5.41) is 0. The second-order valence-corrected chi connectivity index (χ2v) is 20.3. The molecule has 0 N–H and O–H groups in total. The fourth-order valence-corrected chi connectivity index (χ4v) is 8.27. The van der Waals surface area contributed by atoms with Gasteiger partial charge < -0.3 is 8.85 Å². The largest absolute Gasteiger partial charge is 0.543 e. The maximum atomic E-state index is 12.6. The van der Waals surface area contributed by atoms with Crippen LogP contribution in [-0.2, 0) is 15.6 Å². The van der Waals surface area contributed by atoms with Crippen LogP contribution in [0.1, 0.15) is 18.9 Å². The van der Waals surface area contributed by atoms with E-state index in [0.717, 1.165) is 19.3 Å². The number of rotatable bonds is 7. The van der Waals surface area contributed by atoms with Gasteiger partial charge >= 0.3 is 0 Å². The van der Waals surface area contributed by atoms with E-state index in [9.17, 15) is 4.79 Å². The molecule has 1 aromatic rings. The van der Waals surface area contributed by atoms with Gasteiger partial charge in [0.2, 0.25) is 16.6 Å².